The zero-order chi connectivity index (χ0) is 12.1. The topological polar surface area (TPSA) is 47.6 Å². The van der Waals surface area contributed by atoms with Gasteiger partial charge in [0.1, 0.15) is 0 Å². The average Bonchev–Trinajstić information content (AvgIpc) is 2.40. The number of nitriles is 2. The second-order valence-electron chi connectivity index (χ2n) is 3.20. The van der Waals surface area contributed by atoms with Crippen molar-refractivity contribution in [1.29, 1.82) is 10.5 Å². The Labute approximate surface area is 133 Å². The second-order valence-corrected chi connectivity index (χ2v) is 6.21. The predicted octanol–water partition coefficient (Wildman–Crippen LogP) is 2.31. The summed E-state index contributed by atoms with van der Waals surface area (Å²) in [5, 5.41) is 18.1. The second kappa shape index (κ2) is 8.73. The van der Waals surface area contributed by atoms with Crippen molar-refractivity contribution in [2.24, 2.45) is 0 Å². The predicted molar refractivity (Wildman–Crippen MR) is 76.1 cm³/mol. The third-order valence-corrected chi connectivity index (χ3v) is 5.31. The third kappa shape index (κ3) is 4.37. The minimum atomic E-state index is -0.483. The van der Waals surface area contributed by atoms with E-state index in [1.165, 1.54) is 0 Å². The van der Waals surface area contributed by atoms with E-state index >= 15 is 0 Å². The molecule has 2 nitrogen and oxygen atoms in total. The van der Waals surface area contributed by atoms with Gasteiger partial charge >= 0.3 is 109 Å². The summed E-state index contributed by atoms with van der Waals surface area (Å²) in [5.41, 5.74) is 1.43. The van der Waals surface area contributed by atoms with Crippen molar-refractivity contribution in [3.05, 3.63) is 59.7 Å². The molecule has 0 aliphatic rings. The summed E-state index contributed by atoms with van der Waals surface area (Å²) in [6, 6.07) is 19.6. The Bertz CT molecular complexity index is 574. The van der Waals surface area contributed by atoms with Crippen LogP contribution < -0.4 is 7.91 Å². The van der Waals surface area contributed by atoms with Crippen LogP contribution in [0.1, 0.15) is 11.1 Å². The molecule has 100 valence electrons. The van der Waals surface area contributed by atoms with Gasteiger partial charge in [-0.2, -0.15) is 0 Å². The molecule has 2 aromatic rings. The van der Waals surface area contributed by atoms with E-state index in [0.717, 1.165) is 7.91 Å². The first-order chi connectivity index (χ1) is 8.35. The zero-order valence-electron chi connectivity index (χ0n) is 9.65. The van der Waals surface area contributed by atoms with Crippen LogP contribution in [-0.4, -0.2) is 0 Å². The average molecular weight is 472 g/mol. The summed E-state index contributed by atoms with van der Waals surface area (Å²) < 4.78 is 2.13. The molecular weight excluding hydrogens is 462 g/mol. The normalized spacial score (nSPS) is 8.53. The fourth-order valence-electron chi connectivity index (χ4n) is 1.30. The van der Waals surface area contributed by atoms with Crippen LogP contribution in [0.2, 0.25) is 0 Å². The molecule has 2 rings (SSSR count). The van der Waals surface area contributed by atoms with E-state index in [1.807, 2.05) is 48.5 Å². The summed E-state index contributed by atoms with van der Waals surface area (Å²) in [5.74, 6) is 0. The van der Waals surface area contributed by atoms with Gasteiger partial charge in [-0.25, -0.2) is 0 Å². The Morgan fingerprint density at radius 3 is 1.42 bits per heavy atom. The molecule has 0 aliphatic carbocycles. The summed E-state index contributed by atoms with van der Waals surface area (Å²) in [6.07, 6.45) is 0. The molecule has 0 fully saturated rings. The molecule has 0 atom stereocenters. The monoisotopic (exact) mass is 471 g/mol. The Balaban J connectivity index is 0.00000162. The van der Waals surface area contributed by atoms with Crippen molar-refractivity contribution in [3.8, 4) is 12.1 Å². The van der Waals surface area contributed by atoms with Crippen LogP contribution in [0.5, 0.6) is 0 Å². The van der Waals surface area contributed by atoms with Gasteiger partial charge in [-0.05, 0) is 0 Å². The molecule has 0 amide bonds. The quantitative estimate of drug-likeness (QED) is 0.674. The fourth-order valence-corrected chi connectivity index (χ4v) is 4.02. The van der Waals surface area contributed by atoms with Crippen LogP contribution >= 0.6 is 24.8 Å². The van der Waals surface area contributed by atoms with Crippen molar-refractivity contribution < 1.29 is 18.6 Å². The third-order valence-electron chi connectivity index (χ3n) is 2.11. The standard InChI is InChI=1S/2C7H4N.2ClH.Pt/c2*8-6-7-4-2-1-3-5-7;;;/h2*1-4H;2*1H;. The van der Waals surface area contributed by atoms with Crippen molar-refractivity contribution >= 4 is 32.7 Å². The number of benzene rings is 2. The van der Waals surface area contributed by atoms with Crippen LogP contribution in [0.4, 0.5) is 0 Å². The van der Waals surface area contributed by atoms with Gasteiger partial charge in [0.05, 0.1) is 0 Å². The first-order valence-corrected chi connectivity index (χ1v) is 7.19. The van der Waals surface area contributed by atoms with Gasteiger partial charge in [0.15, 0.2) is 0 Å². The zero-order valence-corrected chi connectivity index (χ0v) is 13.6. The fraction of sp³-hybridized carbons (Fsp3) is 0. The van der Waals surface area contributed by atoms with Crippen LogP contribution in [0.25, 0.3) is 0 Å². The molecule has 0 heterocycles. The van der Waals surface area contributed by atoms with Gasteiger partial charge < -0.3 is 0 Å². The van der Waals surface area contributed by atoms with Crippen LogP contribution in [0.3, 0.4) is 0 Å². The summed E-state index contributed by atoms with van der Waals surface area (Å²) >= 11 is -0.483. The van der Waals surface area contributed by atoms with Crippen LogP contribution in [0, 0.1) is 22.7 Å². The van der Waals surface area contributed by atoms with Gasteiger partial charge in [0, 0.05) is 0 Å². The van der Waals surface area contributed by atoms with E-state index in [1.54, 1.807) is 0 Å². The summed E-state index contributed by atoms with van der Waals surface area (Å²) in [4.78, 5) is 0. The number of rotatable bonds is 2. The van der Waals surface area contributed by atoms with E-state index in [2.05, 4.69) is 12.1 Å². The molecular formula is C14H10Cl2N2Pt. The van der Waals surface area contributed by atoms with Crippen molar-refractivity contribution in [1.82, 2.24) is 0 Å². The van der Waals surface area contributed by atoms with Crippen molar-refractivity contribution in [2.45, 2.75) is 0 Å². The van der Waals surface area contributed by atoms with E-state index in [0.29, 0.717) is 11.1 Å². The van der Waals surface area contributed by atoms with E-state index < -0.39 is 18.6 Å². The summed E-state index contributed by atoms with van der Waals surface area (Å²) in [6.45, 7) is 0. The van der Waals surface area contributed by atoms with Gasteiger partial charge in [-0.15, -0.1) is 24.8 Å². The molecule has 0 N–H and O–H groups in total. The molecule has 0 bridgehead atoms. The Morgan fingerprint density at radius 1 is 0.684 bits per heavy atom. The molecule has 0 saturated heterocycles. The van der Waals surface area contributed by atoms with Crippen molar-refractivity contribution in [2.75, 3.05) is 0 Å². The molecule has 0 spiro atoms. The van der Waals surface area contributed by atoms with Gasteiger partial charge in [-0.3, -0.25) is 0 Å². The number of hydrogen-bond acceptors (Lipinski definition) is 2. The van der Waals surface area contributed by atoms with Gasteiger partial charge in [-0.1, -0.05) is 0 Å². The first kappa shape index (κ1) is 17.7. The molecule has 0 aliphatic heterocycles. The molecule has 19 heavy (non-hydrogen) atoms. The first-order valence-electron chi connectivity index (χ1n) is 4.92. The molecule has 0 radical (unpaired) electrons. The minimum absolute atomic E-state index is 0. The molecule has 0 aromatic heterocycles. The number of hydrogen-bond donors (Lipinski definition) is 0. The molecule has 5 heteroatoms. The van der Waals surface area contributed by atoms with Crippen LogP contribution in [0.15, 0.2) is 48.5 Å². The van der Waals surface area contributed by atoms with Gasteiger partial charge in [0.25, 0.3) is 0 Å². The van der Waals surface area contributed by atoms with Crippen LogP contribution in [-0.2, 0) is 18.6 Å². The van der Waals surface area contributed by atoms with E-state index in [-0.39, 0.29) is 24.8 Å². The summed E-state index contributed by atoms with van der Waals surface area (Å²) in [7, 11) is 0. The number of nitrogens with zero attached hydrogens (tertiary/aromatic N) is 2. The number of halogens is 2. The van der Waals surface area contributed by atoms with E-state index in [9.17, 15) is 0 Å². The SMILES string of the molecule is Cl.Cl.N#Cc1cccc[c]1[Pt][c]1ccccc1C#N. The Morgan fingerprint density at radius 2 is 1.05 bits per heavy atom. The Hall–Kier alpha value is -1.31. The maximum atomic E-state index is 9.03. The van der Waals surface area contributed by atoms with Crippen molar-refractivity contribution in [3.63, 3.8) is 0 Å². The molecule has 2 aromatic carbocycles. The van der Waals surface area contributed by atoms with Gasteiger partial charge in [0.2, 0.25) is 0 Å². The molecule has 0 saturated carbocycles. The van der Waals surface area contributed by atoms with E-state index in [4.69, 9.17) is 10.5 Å². The molecule has 0 unspecified atom stereocenters. The maximum absolute atomic E-state index is 9.03. The Kier molecular flexibility index (Phi) is 8.13.